The Balaban J connectivity index is 1.56. The maximum absolute atomic E-state index is 12.2. The number of rotatable bonds is 6. The number of benzene rings is 2. The third-order valence-corrected chi connectivity index (χ3v) is 4.61. The van der Waals surface area contributed by atoms with Crippen molar-refractivity contribution in [3.63, 3.8) is 0 Å². The van der Waals surface area contributed by atoms with Crippen LogP contribution in [-0.4, -0.2) is 22.8 Å². The summed E-state index contributed by atoms with van der Waals surface area (Å²) in [5, 5.41) is 16.5. The highest BCUT2D eigenvalue weighted by Crippen LogP contribution is 2.19. The summed E-state index contributed by atoms with van der Waals surface area (Å²) in [6.07, 6.45) is 7.17. The molecule has 1 aliphatic rings. The van der Waals surface area contributed by atoms with Crippen LogP contribution >= 0.6 is 0 Å². The second-order valence-electron chi connectivity index (χ2n) is 6.71. The van der Waals surface area contributed by atoms with Gasteiger partial charge in [0.05, 0.1) is 4.92 Å². The van der Waals surface area contributed by atoms with Crippen LogP contribution in [0.3, 0.4) is 0 Å². The number of hydrogen-bond acceptors (Lipinski definition) is 4. The third kappa shape index (κ3) is 5.26. The van der Waals surface area contributed by atoms with Gasteiger partial charge in [-0.2, -0.15) is 0 Å². The molecule has 7 nitrogen and oxygen atoms in total. The van der Waals surface area contributed by atoms with Crippen LogP contribution < -0.4 is 10.6 Å². The van der Waals surface area contributed by atoms with Crippen LogP contribution in [-0.2, 0) is 4.79 Å². The van der Waals surface area contributed by atoms with Gasteiger partial charge in [-0.1, -0.05) is 25.0 Å². The van der Waals surface area contributed by atoms with E-state index in [-0.39, 0.29) is 23.5 Å². The molecule has 144 valence electrons. The van der Waals surface area contributed by atoms with Crippen molar-refractivity contribution in [3.8, 4) is 0 Å². The van der Waals surface area contributed by atoms with Gasteiger partial charge in [0.1, 0.15) is 0 Å². The number of nitrogens with one attached hydrogen (secondary N) is 2. The van der Waals surface area contributed by atoms with E-state index in [0.29, 0.717) is 16.8 Å². The predicted octanol–water partition coefficient (Wildman–Crippen LogP) is 3.92. The van der Waals surface area contributed by atoms with E-state index in [2.05, 4.69) is 10.6 Å². The first-order valence-electron chi connectivity index (χ1n) is 9.16. The lowest BCUT2D eigenvalue weighted by Crippen LogP contribution is -2.32. The number of carbonyl (C=O) groups excluding carboxylic acids is 2. The molecule has 0 atom stereocenters. The monoisotopic (exact) mass is 379 g/mol. The molecule has 2 amide bonds. The van der Waals surface area contributed by atoms with Crippen molar-refractivity contribution in [3.05, 3.63) is 75.8 Å². The highest BCUT2D eigenvalue weighted by Gasteiger charge is 2.17. The van der Waals surface area contributed by atoms with Gasteiger partial charge in [0.2, 0.25) is 5.91 Å². The van der Waals surface area contributed by atoms with E-state index in [1.54, 1.807) is 36.4 Å². The molecule has 28 heavy (non-hydrogen) atoms. The topological polar surface area (TPSA) is 101 Å². The molecule has 0 radical (unpaired) electrons. The first-order chi connectivity index (χ1) is 13.5. The van der Waals surface area contributed by atoms with Crippen molar-refractivity contribution >= 4 is 29.3 Å². The van der Waals surface area contributed by atoms with Crippen LogP contribution in [0.4, 0.5) is 11.4 Å². The Labute approximate surface area is 162 Å². The van der Waals surface area contributed by atoms with Gasteiger partial charge in [0.25, 0.3) is 11.6 Å². The van der Waals surface area contributed by atoms with Gasteiger partial charge in [0.15, 0.2) is 0 Å². The van der Waals surface area contributed by atoms with Crippen LogP contribution in [0.5, 0.6) is 0 Å². The number of nitro groups is 1. The number of nitro benzene ring substituents is 1. The third-order valence-electron chi connectivity index (χ3n) is 4.61. The van der Waals surface area contributed by atoms with Crippen LogP contribution in [0, 0.1) is 10.1 Å². The lowest BCUT2D eigenvalue weighted by molar-refractivity contribution is -0.384. The SMILES string of the molecule is O=C(/C=C/c1cccc([N+](=O)[O-])c1)Nc1ccc(C(=O)NC2CCCC2)cc1. The summed E-state index contributed by atoms with van der Waals surface area (Å²) in [6.45, 7) is 0. The van der Waals surface area contributed by atoms with Crippen molar-refractivity contribution < 1.29 is 14.5 Å². The fourth-order valence-corrected chi connectivity index (χ4v) is 3.14. The minimum atomic E-state index is -0.484. The van der Waals surface area contributed by atoms with Gasteiger partial charge in [-0.3, -0.25) is 19.7 Å². The van der Waals surface area contributed by atoms with Crippen molar-refractivity contribution in [1.29, 1.82) is 0 Å². The molecule has 2 aromatic carbocycles. The standard InChI is InChI=1S/C21H21N3O4/c25-20(13-8-15-4-3-7-19(14-15)24(27)28)22-18-11-9-16(10-12-18)21(26)23-17-5-1-2-6-17/h3-4,7-14,17H,1-2,5-6H2,(H,22,25)(H,23,26)/b13-8+. The average Bonchev–Trinajstić information content (AvgIpc) is 3.20. The molecule has 0 aromatic heterocycles. The Kier molecular flexibility index (Phi) is 6.16. The van der Waals surface area contributed by atoms with Gasteiger partial charge >= 0.3 is 0 Å². The molecule has 0 heterocycles. The number of non-ortho nitro benzene ring substituents is 1. The van der Waals surface area contributed by atoms with E-state index >= 15 is 0 Å². The first-order valence-corrected chi connectivity index (χ1v) is 9.16. The van der Waals surface area contributed by atoms with Crippen molar-refractivity contribution in [1.82, 2.24) is 5.32 Å². The van der Waals surface area contributed by atoms with Crippen molar-refractivity contribution in [2.24, 2.45) is 0 Å². The normalized spacial score (nSPS) is 14.1. The van der Waals surface area contributed by atoms with Crippen LogP contribution in [0.15, 0.2) is 54.6 Å². The largest absolute Gasteiger partial charge is 0.349 e. The van der Waals surface area contributed by atoms with E-state index < -0.39 is 4.92 Å². The Bertz CT molecular complexity index is 900. The minimum Gasteiger partial charge on any atom is -0.349 e. The molecule has 0 bridgehead atoms. The summed E-state index contributed by atoms with van der Waals surface area (Å²) in [4.78, 5) is 34.5. The molecule has 1 saturated carbocycles. The van der Waals surface area contributed by atoms with Crippen molar-refractivity contribution in [2.75, 3.05) is 5.32 Å². The second kappa shape index (κ2) is 8.94. The Morgan fingerprint density at radius 2 is 1.79 bits per heavy atom. The van der Waals surface area contributed by atoms with E-state index in [1.807, 2.05) is 0 Å². The summed E-state index contributed by atoms with van der Waals surface area (Å²) in [5.74, 6) is -0.468. The molecule has 7 heteroatoms. The molecule has 2 N–H and O–H groups in total. The predicted molar refractivity (Wildman–Crippen MR) is 107 cm³/mol. The zero-order chi connectivity index (χ0) is 19.9. The number of hydrogen-bond donors (Lipinski definition) is 2. The quantitative estimate of drug-likeness (QED) is 0.451. The van der Waals surface area contributed by atoms with Gasteiger partial charge in [0, 0.05) is 35.5 Å². The molecular formula is C21H21N3O4. The number of anilines is 1. The highest BCUT2D eigenvalue weighted by atomic mass is 16.6. The van der Waals surface area contributed by atoms with Crippen LogP contribution in [0.2, 0.25) is 0 Å². The molecule has 1 aliphatic carbocycles. The maximum atomic E-state index is 12.2. The smallest absolute Gasteiger partial charge is 0.270 e. The molecule has 0 spiro atoms. The van der Waals surface area contributed by atoms with E-state index in [4.69, 9.17) is 0 Å². The lowest BCUT2D eigenvalue weighted by atomic mass is 10.1. The Morgan fingerprint density at radius 3 is 2.46 bits per heavy atom. The second-order valence-corrected chi connectivity index (χ2v) is 6.71. The molecule has 2 aromatic rings. The molecular weight excluding hydrogens is 358 g/mol. The highest BCUT2D eigenvalue weighted by molar-refractivity contribution is 6.02. The summed E-state index contributed by atoms with van der Waals surface area (Å²) >= 11 is 0. The number of nitrogens with zero attached hydrogens (tertiary/aromatic N) is 1. The van der Waals surface area contributed by atoms with Crippen molar-refractivity contribution in [2.45, 2.75) is 31.7 Å². The molecule has 0 unspecified atom stereocenters. The molecule has 0 aliphatic heterocycles. The molecule has 1 fully saturated rings. The van der Waals surface area contributed by atoms with Gasteiger partial charge in [-0.25, -0.2) is 0 Å². The number of carbonyl (C=O) groups is 2. The van der Waals surface area contributed by atoms with Gasteiger partial charge < -0.3 is 10.6 Å². The fourth-order valence-electron chi connectivity index (χ4n) is 3.14. The summed E-state index contributed by atoms with van der Waals surface area (Å²) in [5.41, 5.74) is 1.64. The van der Waals surface area contributed by atoms with Crippen LogP contribution in [0.25, 0.3) is 6.08 Å². The average molecular weight is 379 g/mol. The number of amides is 2. The lowest BCUT2D eigenvalue weighted by Gasteiger charge is -2.12. The minimum absolute atomic E-state index is 0.0333. The summed E-state index contributed by atoms with van der Waals surface area (Å²) in [7, 11) is 0. The first kappa shape index (κ1) is 19.3. The fraction of sp³-hybridized carbons (Fsp3) is 0.238. The zero-order valence-electron chi connectivity index (χ0n) is 15.3. The van der Waals surface area contributed by atoms with Gasteiger partial charge in [-0.15, -0.1) is 0 Å². The zero-order valence-corrected chi connectivity index (χ0v) is 15.3. The van der Waals surface area contributed by atoms with Gasteiger partial charge in [-0.05, 0) is 48.7 Å². The molecule has 3 rings (SSSR count). The Hall–Kier alpha value is -3.48. The maximum Gasteiger partial charge on any atom is 0.270 e. The Morgan fingerprint density at radius 1 is 1.07 bits per heavy atom. The van der Waals surface area contributed by atoms with Crippen LogP contribution in [0.1, 0.15) is 41.6 Å². The van der Waals surface area contributed by atoms with E-state index in [1.165, 1.54) is 24.3 Å². The van der Waals surface area contributed by atoms with E-state index in [0.717, 1.165) is 25.7 Å². The summed E-state index contributed by atoms with van der Waals surface area (Å²) < 4.78 is 0. The molecule has 0 saturated heterocycles. The summed E-state index contributed by atoms with van der Waals surface area (Å²) in [6, 6.07) is 13.0. The van der Waals surface area contributed by atoms with E-state index in [9.17, 15) is 19.7 Å².